The summed E-state index contributed by atoms with van der Waals surface area (Å²) in [6.45, 7) is 6.72. The Morgan fingerprint density at radius 3 is 2.41 bits per heavy atom. The van der Waals surface area contributed by atoms with Gasteiger partial charge in [0.2, 0.25) is 5.95 Å². The maximum Gasteiger partial charge on any atom is 0.433 e. The molecule has 0 amide bonds. The van der Waals surface area contributed by atoms with E-state index >= 15 is 0 Å². The number of hydrogen-bond acceptors (Lipinski definition) is 3. The molecular weight excluding hydrogens is 231 g/mol. The molecule has 0 atom stereocenters. The molecule has 17 heavy (non-hydrogen) atoms. The van der Waals surface area contributed by atoms with Crippen LogP contribution in [0.2, 0.25) is 0 Å². The van der Waals surface area contributed by atoms with Crippen LogP contribution in [-0.2, 0) is 6.18 Å². The van der Waals surface area contributed by atoms with E-state index in [9.17, 15) is 13.2 Å². The first-order valence-corrected chi connectivity index (χ1v) is 5.33. The summed E-state index contributed by atoms with van der Waals surface area (Å²) in [4.78, 5) is 7.17. The normalized spacial score (nSPS) is 12.6. The summed E-state index contributed by atoms with van der Waals surface area (Å²) in [6.07, 6.45) is -2.49. The molecule has 3 nitrogen and oxygen atoms in total. The van der Waals surface area contributed by atoms with Crippen LogP contribution in [0, 0.1) is 5.41 Å². The Morgan fingerprint density at radius 1 is 1.24 bits per heavy atom. The van der Waals surface area contributed by atoms with Gasteiger partial charge in [-0.15, -0.1) is 0 Å². The molecule has 1 aromatic rings. The number of halogens is 3. The minimum atomic E-state index is -4.43. The molecular formula is C11H16F3N3. The van der Waals surface area contributed by atoms with Crippen LogP contribution >= 0.6 is 0 Å². The van der Waals surface area contributed by atoms with Crippen LogP contribution in [0.4, 0.5) is 19.1 Å². The standard InChI is InChI=1S/C11H16F3N3/c1-10(2,3)5-7-16-9-15-6-4-8(17-9)11(12,13)14/h4,6H,5,7H2,1-3H3,(H,15,16,17). The summed E-state index contributed by atoms with van der Waals surface area (Å²) in [5.41, 5.74) is -0.806. The average Bonchev–Trinajstić information content (AvgIpc) is 2.15. The second-order valence-electron chi connectivity index (χ2n) is 5.00. The number of hydrogen-bond donors (Lipinski definition) is 1. The van der Waals surface area contributed by atoms with Crippen molar-refractivity contribution in [2.75, 3.05) is 11.9 Å². The minimum absolute atomic E-state index is 0.0177. The molecule has 1 rings (SSSR count). The van der Waals surface area contributed by atoms with Crippen molar-refractivity contribution in [3.8, 4) is 0 Å². The zero-order valence-electron chi connectivity index (χ0n) is 10.1. The topological polar surface area (TPSA) is 37.8 Å². The van der Waals surface area contributed by atoms with Gasteiger partial charge in [-0.25, -0.2) is 9.97 Å². The van der Waals surface area contributed by atoms with E-state index in [1.54, 1.807) is 0 Å². The van der Waals surface area contributed by atoms with E-state index < -0.39 is 11.9 Å². The fraction of sp³-hybridized carbons (Fsp3) is 0.636. The van der Waals surface area contributed by atoms with Gasteiger partial charge in [0.1, 0.15) is 5.69 Å². The lowest BCUT2D eigenvalue weighted by atomic mass is 9.92. The van der Waals surface area contributed by atoms with Crippen molar-refractivity contribution in [3.63, 3.8) is 0 Å². The largest absolute Gasteiger partial charge is 0.433 e. The van der Waals surface area contributed by atoms with Crippen molar-refractivity contribution < 1.29 is 13.2 Å². The van der Waals surface area contributed by atoms with E-state index in [4.69, 9.17) is 0 Å². The number of nitrogens with zero attached hydrogens (tertiary/aromatic N) is 2. The first-order chi connectivity index (χ1) is 7.68. The smallest absolute Gasteiger partial charge is 0.354 e. The molecule has 0 fully saturated rings. The summed E-state index contributed by atoms with van der Waals surface area (Å²) in [5.74, 6) is 0.0177. The Hall–Kier alpha value is -1.33. The van der Waals surface area contributed by atoms with Crippen LogP contribution in [0.15, 0.2) is 12.3 Å². The summed E-state index contributed by atoms with van der Waals surface area (Å²) < 4.78 is 37.1. The molecule has 0 unspecified atom stereocenters. The minimum Gasteiger partial charge on any atom is -0.354 e. The molecule has 1 aromatic heterocycles. The van der Waals surface area contributed by atoms with Gasteiger partial charge in [-0.2, -0.15) is 13.2 Å². The third-order valence-electron chi connectivity index (χ3n) is 2.10. The third kappa shape index (κ3) is 5.01. The molecule has 0 aliphatic heterocycles. The zero-order valence-corrected chi connectivity index (χ0v) is 10.1. The molecule has 96 valence electrons. The fourth-order valence-corrected chi connectivity index (χ4v) is 1.15. The van der Waals surface area contributed by atoms with E-state index in [1.165, 1.54) is 0 Å². The molecule has 0 bridgehead atoms. The lowest BCUT2D eigenvalue weighted by Gasteiger charge is -2.18. The van der Waals surface area contributed by atoms with Crippen LogP contribution < -0.4 is 5.32 Å². The number of anilines is 1. The molecule has 1 N–H and O–H groups in total. The van der Waals surface area contributed by atoms with Crippen LogP contribution in [0.1, 0.15) is 32.9 Å². The molecule has 0 aliphatic rings. The molecule has 6 heteroatoms. The van der Waals surface area contributed by atoms with Crippen LogP contribution in [0.25, 0.3) is 0 Å². The molecule has 0 saturated heterocycles. The van der Waals surface area contributed by atoms with Gasteiger partial charge in [-0.1, -0.05) is 20.8 Å². The second kappa shape index (κ2) is 4.89. The van der Waals surface area contributed by atoms with E-state index in [0.717, 1.165) is 18.7 Å². The second-order valence-corrected chi connectivity index (χ2v) is 5.00. The Labute approximate surface area is 98.5 Å². The zero-order chi connectivity index (χ0) is 13.1. The SMILES string of the molecule is CC(C)(C)CCNc1nccc(C(F)(F)F)n1. The molecule has 0 aromatic carbocycles. The van der Waals surface area contributed by atoms with Gasteiger partial charge in [0.05, 0.1) is 0 Å². The monoisotopic (exact) mass is 247 g/mol. The number of nitrogens with one attached hydrogen (secondary N) is 1. The average molecular weight is 247 g/mol. The first-order valence-electron chi connectivity index (χ1n) is 5.33. The summed E-state index contributed by atoms with van der Waals surface area (Å²) in [5, 5.41) is 2.79. The maximum absolute atomic E-state index is 12.4. The highest BCUT2D eigenvalue weighted by Crippen LogP contribution is 2.27. The third-order valence-corrected chi connectivity index (χ3v) is 2.10. The van der Waals surface area contributed by atoms with Gasteiger partial charge in [0.25, 0.3) is 0 Å². The molecule has 0 radical (unpaired) electrons. The van der Waals surface area contributed by atoms with E-state index in [2.05, 4.69) is 36.1 Å². The summed E-state index contributed by atoms with van der Waals surface area (Å²) in [6, 6.07) is 0.856. The predicted octanol–water partition coefficient (Wildman–Crippen LogP) is 3.34. The van der Waals surface area contributed by atoms with Gasteiger partial charge in [0.15, 0.2) is 0 Å². The van der Waals surface area contributed by atoms with Crippen LogP contribution in [0.5, 0.6) is 0 Å². The maximum atomic E-state index is 12.4. The highest BCUT2D eigenvalue weighted by molar-refractivity contribution is 5.25. The summed E-state index contributed by atoms with van der Waals surface area (Å²) >= 11 is 0. The fourth-order valence-electron chi connectivity index (χ4n) is 1.15. The number of alkyl halides is 3. The Balaban J connectivity index is 2.61. The lowest BCUT2D eigenvalue weighted by Crippen LogP contribution is -2.16. The lowest BCUT2D eigenvalue weighted by molar-refractivity contribution is -0.141. The van der Waals surface area contributed by atoms with Gasteiger partial charge >= 0.3 is 6.18 Å². The molecule has 0 spiro atoms. The predicted molar refractivity (Wildman–Crippen MR) is 59.6 cm³/mol. The Bertz CT molecular complexity index is 369. The van der Waals surface area contributed by atoms with Gasteiger partial charge in [-0.05, 0) is 17.9 Å². The molecule has 0 saturated carbocycles. The quantitative estimate of drug-likeness (QED) is 0.890. The Kier molecular flexibility index (Phi) is 3.95. The Morgan fingerprint density at radius 2 is 1.88 bits per heavy atom. The van der Waals surface area contributed by atoms with Crippen molar-refractivity contribution in [3.05, 3.63) is 18.0 Å². The van der Waals surface area contributed by atoms with Crippen molar-refractivity contribution >= 4 is 5.95 Å². The van der Waals surface area contributed by atoms with Crippen molar-refractivity contribution in [2.24, 2.45) is 5.41 Å². The summed E-state index contributed by atoms with van der Waals surface area (Å²) in [7, 11) is 0. The van der Waals surface area contributed by atoms with Crippen molar-refractivity contribution in [1.82, 2.24) is 9.97 Å². The molecule has 0 aliphatic carbocycles. The van der Waals surface area contributed by atoms with Gasteiger partial charge in [-0.3, -0.25) is 0 Å². The van der Waals surface area contributed by atoms with Gasteiger partial charge in [0, 0.05) is 12.7 Å². The highest BCUT2D eigenvalue weighted by atomic mass is 19.4. The van der Waals surface area contributed by atoms with Crippen molar-refractivity contribution in [2.45, 2.75) is 33.4 Å². The number of rotatable bonds is 3. The van der Waals surface area contributed by atoms with Crippen LogP contribution in [-0.4, -0.2) is 16.5 Å². The molecule has 1 heterocycles. The highest BCUT2D eigenvalue weighted by Gasteiger charge is 2.32. The van der Waals surface area contributed by atoms with Crippen LogP contribution in [0.3, 0.4) is 0 Å². The van der Waals surface area contributed by atoms with Crippen molar-refractivity contribution in [1.29, 1.82) is 0 Å². The van der Waals surface area contributed by atoms with E-state index in [1.807, 2.05) is 0 Å². The number of aromatic nitrogens is 2. The van der Waals surface area contributed by atoms with Gasteiger partial charge < -0.3 is 5.32 Å². The first kappa shape index (κ1) is 13.7. The van der Waals surface area contributed by atoms with E-state index in [-0.39, 0.29) is 11.4 Å². The van der Waals surface area contributed by atoms with E-state index in [0.29, 0.717) is 6.54 Å².